The van der Waals surface area contributed by atoms with E-state index in [-0.39, 0.29) is 5.37 Å². The number of carbonyl (C=O) groups excluding carboxylic acids is 1. The summed E-state index contributed by atoms with van der Waals surface area (Å²) < 4.78 is 0. The van der Waals surface area contributed by atoms with Crippen LogP contribution in [0, 0.1) is 11.8 Å². The molecule has 1 heterocycles. The summed E-state index contributed by atoms with van der Waals surface area (Å²) in [7, 11) is 0. The smallest absolute Gasteiger partial charge is 0.327 e. The average molecular weight is 275 g/mol. The fourth-order valence-corrected chi connectivity index (χ4v) is 3.02. The number of carbonyl (C=O) groups is 2. The van der Waals surface area contributed by atoms with E-state index in [1.165, 1.54) is 16.7 Å². The summed E-state index contributed by atoms with van der Waals surface area (Å²) in [6.45, 7) is 1.82. The van der Waals surface area contributed by atoms with Crippen LogP contribution in [-0.4, -0.2) is 39.1 Å². The molecule has 0 aromatic heterocycles. The molecule has 19 heavy (non-hydrogen) atoms. The first kappa shape index (κ1) is 13.5. The molecule has 1 aliphatic rings. The number of nitrogens with zero attached hydrogens (tertiary/aromatic N) is 1. The first-order valence-electron chi connectivity index (χ1n) is 5.83. The first-order valence-corrected chi connectivity index (χ1v) is 6.88. The van der Waals surface area contributed by atoms with E-state index in [1.54, 1.807) is 12.1 Å². The van der Waals surface area contributed by atoms with Crippen LogP contribution < -0.4 is 0 Å². The van der Waals surface area contributed by atoms with Crippen molar-refractivity contribution in [2.75, 3.05) is 5.75 Å². The molecule has 0 saturated carbocycles. The van der Waals surface area contributed by atoms with Gasteiger partial charge in [-0.25, -0.2) is 4.79 Å². The first-order chi connectivity index (χ1) is 9.09. The summed E-state index contributed by atoms with van der Waals surface area (Å²) in [4.78, 5) is 24.4. The third-order valence-corrected chi connectivity index (χ3v) is 4.05. The Bertz CT molecular complexity index is 547. The minimum atomic E-state index is -0.980. The van der Waals surface area contributed by atoms with Gasteiger partial charge in [0, 0.05) is 17.2 Å². The highest BCUT2D eigenvalue weighted by Crippen LogP contribution is 2.28. The second-order valence-electron chi connectivity index (χ2n) is 4.12. The zero-order valence-corrected chi connectivity index (χ0v) is 11.2. The van der Waals surface area contributed by atoms with E-state index >= 15 is 0 Å². The largest absolute Gasteiger partial charge is 0.480 e. The number of carboxylic acids is 1. The zero-order chi connectivity index (χ0) is 13.8. The molecule has 0 aliphatic carbocycles. The third-order valence-electron chi connectivity index (χ3n) is 2.83. The summed E-state index contributed by atoms with van der Waals surface area (Å²) in [6, 6.07) is 8.37. The summed E-state index contributed by atoms with van der Waals surface area (Å²) >= 11 is 1.45. The normalized spacial score (nSPS) is 21.6. The molecular formula is C14H13NO3S. The van der Waals surface area contributed by atoms with Gasteiger partial charge in [-0.3, -0.25) is 4.79 Å². The van der Waals surface area contributed by atoms with Crippen LogP contribution in [0.1, 0.15) is 12.5 Å². The molecule has 2 unspecified atom stereocenters. The van der Waals surface area contributed by atoms with Crippen LogP contribution in [0.3, 0.4) is 0 Å². The molecule has 2 atom stereocenters. The summed E-state index contributed by atoms with van der Waals surface area (Å²) in [5, 5.41) is 8.93. The van der Waals surface area contributed by atoms with E-state index in [4.69, 9.17) is 5.11 Å². The van der Waals surface area contributed by atoms with Gasteiger partial charge in [0.15, 0.2) is 0 Å². The topological polar surface area (TPSA) is 57.6 Å². The van der Waals surface area contributed by atoms with Crippen molar-refractivity contribution in [2.45, 2.75) is 18.3 Å². The molecule has 0 bridgehead atoms. The summed E-state index contributed by atoms with van der Waals surface area (Å²) in [5.41, 5.74) is 0.738. The lowest BCUT2D eigenvalue weighted by atomic mass is 10.2. The lowest BCUT2D eigenvalue weighted by molar-refractivity contribution is -0.146. The van der Waals surface area contributed by atoms with E-state index in [0.717, 1.165) is 5.56 Å². The Hall–Kier alpha value is -1.93. The van der Waals surface area contributed by atoms with Crippen LogP contribution in [0.2, 0.25) is 0 Å². The Morgan fingerprint density at radius 3 is 2.68 bits per heavy atom. The van der Waals surface area contributed by atoms with Gasteiger partial charge in [0.25, 0.3) is 5.91 Å². The fourth-order valence-electron chi connectivity index (χ4n) is 1.85. The van der Waals surface area contributed by atoms with Gasteiger partial charge in [-0.15, -0.1) is 11.8 Å². The maximum atomic E-state index is 12.0. The van der Waals surface area contributed by atoms with E-state index in [2.05, 4.69) is 11.8 Å². The molecule has 5 heteroatoms. The van der Waals surface area contributed by atoms with Gasteiger partial charge >= 0.3 is 5.97 Å². The molecule has 1 fully saturated rings. The third kappa shape index (κ3) is 3.09. The number of hydrogen-bond acceptors (Lipinski definition) is 3. The lowest BCUT2D eigenvalue weighted by Gasteiger charge is -2.22. The van der Waals surface area contributed by atoms with Crippen molar-refractivity contribution in [2.24, 2.45) is 0 Å². The molecule has 1 saturated heterocycles. The number of hydrogen-bond donors (Lipinski definition) is 1. The van der Waals surface area contributed by atoms with Crippen molar-refractivity contribution < 1.29 is 14.7 Å². The highest BCUT2D eigenvalue weighted by atomic mass is 32.2. The van der Waals surface area contributed by atoms with Crippen LogP contribution in [-0.2, 0) is 9.59 Å². The second kappa shape index (κ2) is 5.81. The monoisotopic (exact) mass is 275 g/mol. The van der Waals surface area contributed by atoms with Gasteiger partial charge in [-0.2, -0.15) is 0 Å². The quantitative estimate of drug-likeness (QED) is 0.787. The van der Waals surface area contributed by atoms with E-state index < -0.39 is 17.9 Å². The van der Waals surface area contributed by atoms with Crippen LogP contribution in [0.25, 0.3) is 0 Å². The highest BCUT2D eigenvalue weighted by Gasteiger charge is 2.38. The Balaban J connectivity index is 2.15. The predicted molar refractivity (Wildman–Crippen MR) is 73.5 cm³/mol. The van der Waals surface area contributed by atoms with Gasteiger partial charge in [0.2, 0.25) is 0 Å². The second-order valence-corrected chi connectivity index (χ2v) is 5.46. The molecular weight excluding hydrogens is 262 g/mol. The van der Waals surface area contributed by atoms with Crippen molar-refractivity contribution in [3.8, 4) is 11.8 Å². The number of benzene rings is 1. The molecule has 2 rings (SSSR count). The average Bonchev–Trinajstić information content (AvgIpc) is 2.79. The van der Waals surface area contributed by atoms with Crippen molar-refractivity contribution >= 4 is 23.6 Å². The Morgan fingerprint density at radius 2 is 2.05 bits per heavy atom. The Morgan fingerprint density at radius 1 is 1.37 bits per heavy atom. The van der Waals surface area contributed by atoms with Crippen LogP contribution in [0.15, 0.2) is 30.3 Å². The molecule has 98 valence electrons. The molecule has 1 aromatic carbocycles. The van der Waals surface area contributed by atoms with Gasteiger partial charge in [-0.05, 0) is 19.1 Å². The molecule has 0 radical (unpaired) electrons. The molecule has 1 aliphatic heterocycles. The summed E-state index contributed by atoms with van der Waals surface area (Å²) in [5.74, 6) is 4.27. The van der Waals surface area contributed by atoms with E-state index in [0.29, 0.717) is 5.75 Å². The molecule has 4 nitrogen and oxygen atoms in total. The number of amides is 1. The van der Waals surface area contributed by atoms with Crippen molar-refractivity contribution in [1.29, 1.82) is 0 Å². The molecule has 1 amide bonds. The Labute approximate surface area is 115 Å². The maximum Gasteiger partial charge on any atom is 0.327 e. The lowest BCUT2D eigenvalue weighted by Crippen LogP contribution is -2.44. The van der Waals surface area contributed by atoms with Crippen molar-refractivity contribution in [3.63, 3.8) is 0 Å². The van der Waals surface area contributed by atoms with Crippen LogP contribution >= 0.6 is 11.8 Å². The maximum absolute atomic E-state index is 12.0. The standard InChI is InChI=1S/C14H13NO3S/c1-10-15(12(9-19-10)14(17)18)13(16)8-7-11-5-3-2-4-6-11/h2-6,10,12H,9H2,1H3,(H,17,18). The number of rotatable bonds is 1. The van der Waals surface area contributed by atoms with Crippen LogP contribution in [0.4, 0.5) is 0 Å². The van der Waals surface area contributed by atoms with Crippen molar-refractivity contribution in [3.05, 3.63) is 35.9 Å². The van der Waals surface area contributed by atoms with Crippen LogP contribution in [0.5, 0.6) is 0 Å². The number of aliphatic carboxylic acids is 1. The Kier molecular flexibility index (Phi) is 4.13. The molecule has 1 N–H and O–H groups in total. The predicted octanol–water partition coefficient (Wildman–Crippen LogP) is 1.41. The highest BCUT2D eigenvalue weighted by molar-refractivity contribution is 8.00. The summed E-state index contributed by atoms with van der Waals surface area (Å²) in [6.07, 6.45) is 0. The molecule has 1 aromatic rings. The van der Waals surface area contributed by atoms with Crippen molar-refractivity contribution in [1.82, 2.24) is 4.90 Å². The van der Waals surface area contributed by atoms with Gasteiger partial charge < -0.3 is 10.0 Å². The minimum Gasteiger partial charge on any atom is -0.480 e. The minimum absolute atomic E-state index is 0.154. The number of thioether (sulfide) groups is 1. The fraction of sp³-hybridized carbons (Fsp3) is 0.286. The molecule has 0 spiro atoms. The SMILES string of the molecule is CC1SCC(C(=O)O)N1C(=O)C#Cc1ccccc1. The van der Waals surface area contributed by atoms with E-state index in [1.807, 2.05) is 25.1 Å². The van der Waals surface area contributed by atoms with Gasteiger partial charge in [0.1, 0.15) is 6.04 Å². The van der Waals surface area contributed by atoms with Gasteiger partial charge in [-0.1, -0.05) is 24.1 Å². The van der Waals surface area contributed by atoms with E-state index in [9.17, 15) is 9.59 Å². The number of carboxylic acid groups (broad SMARTS) is 1. The van der Waals surface area contributed by atoms with Gasteiger partial charge in [0.05, 0.1) is 5.37 Å². The zero-order valence-electron chi connectivity index (χ0n) is 10.4.